The van der Waals surface area contributed by atoms with Crippen LogP contribution in [0, 0.1) is 6.92 Å². The lowest BCUT2D eigenvalue weighted by Crippen LogP contribution is -2.19. The molecular formula is C25H26O3. The van der Waals surface area contributed by atoms with Gasteiger partial charge in [0.15, 0.2) is 6.61 Å². The maximum atomic E-state index is 12.3. The first-order valence-corrected chi connectivity index (χ1v) is 9.43. The number of hydrogen-bond donors (Lipinski definition) is 0. The second kappa shape index (κ2) is 8.30. The Bertz CT molecular complexity index is 953. The Kier molecular flexibility index (Phi) is 5.84. The van der Waals surface area contributed by atoms with Crippen LogP contribution in [0.3, 0.4) is 0 Å². The highest BCUT2D eigenvalue weighted by atomic mass is 16.6. The maximum absolute atomic E-state index is 12.3. The monoisotopic (exact) mass is 374 g/mol. The first kappa shape index (κ1) is 19.7. The minimum absolute atomic E-state index is 0.0531. The van der Waals surface area contributed by atoms with Gasteiger partial charge in [-0.3, -0.25) is 0 Å². The van der Waals surface area contributed by atoms with E-state index >= 15 is 0 Å². The highest BCUT2D eigenvalue weighted by Crippen LogP contribution is 2.30. The number of ether oxygens (including phenoxy) is 2. The third-order valence-electron chi connectivity index (χ3n) is 4.58. The summed E-state index contributed by atoms with van der Waals surface area (Å²) < 4.78 is 11.3. The molecule has 0 saturated heterocycles. The number of hydrogen-bond acceptors (Lipinski definition) is 3. The van der Waals surface area contributed by atoms with Gasteiger partial charge in [0.1, 0.15) is 11.5 Å². The molecule has 0 unspecified atom stereocenters. The second-order valence-corrected chi connectivity index (χ2v) is 7.86. The lowest BCUT2D eigenvalue weighted by atomic mass is 9.86. The first-order valence-electron chi connectivity index (χ1n) is 9.43. The molecule has 3 nitrogen and oxygen atoms in total. The van der Waals surface area contributed by atoms with Crippen LogP contribution in [0.5, 0.6) is 11.5 Å². The smallest absolute Gasteiger partial charge is 0.349 e. The van der Waals surface area contributed by atoms with E-state index in [-0.39, 0.29) is 12.0 Å². The summed E-state index contributed by atoms with van der Waals surface area (Å²) in [7, 11) is 0. The first-order chi connectivity index (χ1) is 13.3. The molecule has 0 amide bonds. The fraction of sp³-hybridized carbons (Fsp3) is 0.240. The quantitative estimate of drug-likeness (QED) is 0.409. The number of carbonyl (C=O) groups excluding carboxylic acids is 1. The van der Waals surface area contributed by atoms with Gasteiger partial charge in [0, 0.05) is 5.56 Å². The highest BCUT2D eigenvalue weighted by molar-refractivity contribution is 5.75. The van der Waals surface area contributed by atoms with Crippen molar-refractivity contribution in [2.75, 3.05) is 6.61 Å². The van der Waals surface area contributed by atoms with Gasteiger partial charge in [-0.15, -0.1) is 0 Å². The molecular weight excluding hydrogens is 348 g/mol. The molecule has 3 heteroatoms. The molecule has 28 heavy (non-hydrogen) atoms. The fourth-order valence-electron chi connectivity index (χ4n) is 2.97. The van der Waals surface area contributed by atoms with Crippen molar-refractivity contribution in [2.45, 2.75) is 33.1 Å². The average Bonchev–Trinajstić information content (AvgIpc) is 2.68. The van der Waals surface area contributed by atoms with Crippen molar-refractivity contribution in [1.29, 1.82) is 0 Å². The standard InChI is InChI=1S/C25H26O3/c1-18-16-20(25(2,3)4)14-15-22(18)28-24(26)17-27-23-13-9-8-12-21(23)19-10-6-5-7-11-19/h5-16H,17H2,1-4H3. The van der Waals surface area contributed by atoms with Crippen molar-refractivity contribution in [3.8, 4) is 22.6 Å². The Morgan fingerprint density at radius 1 is 0.857 bits per heavy atom. The molecule has 0 radical (unpaired) electrons. The molecule has 0 aromatic heterocycles. The normalized spacial score (nSPS) is 11.1. The molecule has 0 bridgehead atoms. The number of para-hydroxylation sites is 1. The van der Waals surface area contributed by atoms with E-state index in [0.29, 0.717) is 11.5 Å². The summed E-state index contributed by atoms with van der Waals surface area (Å²) >= 11 is 0. The van der Waals surface area contributed by atoms with E-state index in [1.807, 2.05) is 73.7 Å². The Hall–Kier alpha value is -3.07. The summed E-state index contributed by atoms with van der Waals surface area (Å²) in [6.07, 6.45) is 0. The SMILES string of the molecule is Cc1cc(C(C)(C)C)ccc1OC(=O)COc1ccccc1-c1ccccc1. The van der Waals surface area contributed by atoms with E-state index in [0.717, 1.165) is 16.7 Å². The lowest BCUT2D eigenvalue weighted by molar-refractivity contribution is -0.136. The van der Waals surface area contributed by atoms with E-state index in [1.165, 1.54) is 5.56 Å². The minimum atomic E-state index is -0.422. The molecule has 0 aliphatic carbocycles. The van der Waals surface area contributed by atoms with Gasteiger partial charge in [-0.1, -0.05) is 81.4 Å². The van der Waals surface area contributed by atoms with Crippen molar-refractivity contribution < 1.29 is 14.3 Å². The molecule has 3 aromatic carbocycles. The van der Waals surface area contributed by atoms with Gasteiger partial charge in [0.2, 0.25) is 0 Å². The average molecular weight is 374 g/mol. The Balaban J connectivity index is 1.68. The molecule has 0 N–H and O–H groups in total. The van der Waals surface area contributed by atoms with Crippen molar-refractivity contribution in [3.05, 3.63) is 83.9 Å². The molecule has 0 aliphatic rings. The van der Waals surface area contributed by atoms with Gasteiger partial charge in [-0.25, -0.2) is 4.79 Å². The number of esters is 1. The third kappa shape index (κ3) is 4.80. The van der Waals surface area contributed by atoms with Crippen LogP contribution in [0.25, 0.3) is 11.1 Å². The van der Waals surface area contributed by atoms with Gasteiger partial charge >= 0.3 is 5.97 Å². The topological polar surface area (TPSA) is 35.5 Å². The van der Waals surface area contributed by atoms with E-state index in [1.54, 1.807) is 0 Å². The second-order valence-electron chi connectivity index (χ2n) is 7.86. The predicted octanol–water partition coefficient (Wildman–Crippen LogP) is 5.94. The van der Waals surface area contributed by atoms with Crippen LogP contribution in [0.1, 0.15) is 31.9 Å². The van der Waals surface area contributed by atoms with Crippen LogP contribution in [0.15, 0.2) is 72.8 Å². The maximum Gasteiger partial charge on any atom is 0.349 e. The number of rotatable bonds is 5. The van der Waals surface area contributed by atoms with Crippen molar-refractivity contribution in [3.63, 3.8) is 0 Å². The highest BCUT2D eigenvalue weighted by Gasteiger charge is 2.16. The van der Waals surface area contributed by atoms with E-state index in [2.05, 4.69) is 26.8 Å². The number of carbonyl (C=O) groups is 1. The molecule has 0 fully saturated rings. The number of aryl methyl sites for hydroxylation is 1. The summed E-state index contributed by atoms with van der Waals surface area (Å²) in [6, 6.07) is 23.6. The largest absolute Gasteiger partial charge is 0.481 e. The van der Waals surface area contributed by atoms with Crippen LogP contribution in [-0.4, -0.2) is 12.6 Å². The molecule has 3 rings (SSSR count). The van der Waals surface area contributed by atoms with Gasteiger partial charge < -0.3 is 9.47 Å². The Morgan fingerprint density at radius 2 is 1.54 bits per heavy atom. The fourth-order valence-corrected chi connectivity index (χ4v) is 2.97. The molecule has 3 aromatic rings. The molecule has 0 atom stereocenters. The van der Waals surface area contributed by atoms with Gasteiger partial charge in [0.05, 0.1) is 0 Å². The van der Waals surface area contributed by atoms with Crippen molar-refractivity contribution in [2.24, 2.45) is 0 Å². The van der Waals surface area contributed by atoms with E-state index in [9.17, 15) is 4.79 Å². The third-order valence-corrected chi connectivity index (χ3v) is 4.58. The minimum Gasteiger partial charge on any atom is -0.481 e. The van der Waals surface area contributed by atoms with Crippen LogP contribution in [0.4, 0.5) is 0 Å². The molecule has 0 heterocycles. The summed E-state index contributed by atoms with van der Waals surface area (Å²) in [6.45, 7) is 8.27. The Morgan fingerprint density at radius 3 is 2.21 bits per heavy atom. The van der Waals surface area contributed by atoms with E-state index in [4.69, 9.17) is 9.47 Å². The summed E-state index contributed by atoms with van der Waals surface area (Å²) in [5, 5.41) is 0. The zero-order valence-corrected chi connectivity index (χ0v) is 16.9. The molecule has 144 valence electrons. The summed E-state index contributed by atoms with van der Waals surface area (Å²) in [4.78, 5) is 12.3. The van der Waals surface area contributed by atoms with Crippen LogP contribution < -0.4 is 9.47 Å². The molecule has 0 spiro atoms. The van der Waals surface area contributed by atoms with Crippen molar-refractivity contribution in [1.82, 2.24) is 0 Å². The number of benzene rings is 3. The van der Waals surface area contributed by atoms with Crippen LogP contribution in [-0.2, 0) is 10.2 Å². The lowest BCUT2D eigenvalue weighted by Gasteiger charge is -2.20. The molecule has 0 saturated carbocycles. The van der Waals surface area contributed by atoms with E-state index < -0.39 is 5.97 Å². The zero-order chi connectivity index (χ0) is 20.1. The van der Waals surface area contributed by atoms with Gasteiger partial charge in [0.25, 0.3) is 0 Å². The Labute approximate surface area is 166 Å². The van der Waals surface area contributed by atoms with Gasteiger partial charge in [-0.2, -0.15) is 0 Å². The summed E-state index contributed by atoms with van der Waals surface area (Å²) in [5.74, 6) is 0.804. The van der Waals surface area contributed by atoms with Crippen molar-refractivity contribution >= 4 is 5.97 Å². The van der Waals surface area contributed by atoms with Crippen LogP contribution >= 0.6 is 0 Å². The van der Waals surface area contributed by atoms with Crippen LogP contribution in [0.2, 0.25) is 0 Å². The summed E-state index contributed by atoms with van der Waals surface area (Å²) in [5.41, 5.74) is 4.18. The van der Waals surface area contributed by atoms with Gasteiger partial charge in [-0.05, 0) is 41.2 Å². The predicted molar refractivity (Wildman–Crippen MR) is 113 cm³/mol. The molecule has 0 aliphatic heterocycles. The zero-order valence-electron chi connectivity index (χ0n) is 16.9.